The minimum atomic E-state index is -0.475. The highest BCUT2D eigenvalue weighted by Crippen LogP contribution is 2.48. The Kier molecular flexibility index (Phi) is 7.50. The lowest BCUT2D eigenvalue weighted by Crippen LogP contribution is -2.49. The van der Waals surface area contributed by atoms with Crippen LogP contribution in [0.5, 0.6) is 0 Å². The van der Waals surface area contributed by atoms with Crippen LogP contribution in [0.25, 0.3) is 0 Å². The largest absolute Gasteiger partial charge is 0.460 e. The van der Waals surface area contributed by atoms with E-state index in [2.05, 4.69) is 93.3 Å². The molecule has 4 atom stereocenters. The van der Waals surface area contributed by atoms with Crippen molar-refractivity contribution in [3.8, 4) is 0 Å². The molecule has 1 aliphatic rings. The van der Waals surface area contributed by atoms with Gasteiger partial charge < -0.3 is 4.74 Å². The molecule has 0 radical (unpaired) electrons. The van der Waals surface area contributed by atoms with E-state index in [4.69, 9.17) is 4.74 Å². The van der Waals surface area contributed by atoms with Gasteiger partial charge in [0.25, 0.3) is 0 Å². The Bertz CT molecular complexity index is 864. The Morgan fingerprint density at radius 3 is 2.03 bits per heavy atom. The van der Waals surface area contributed by atoms with Crippen LogP contribution in [-0.4, -0.2) is 22.5 Å². The molecule has 0 aliphatic heterocycles. The summed E-state index contributed by atoms with van der Waals surface area (Å²) in [7, 11) is 0. The maximum absolute atomic E-state index is 13.4. The highest BCUT2D eigenvalue weighted by molar-refractivity contribution is 5.74. The zero-order chi connectivity index (χ0) is 23.5. The standard InChI is InChI=1S/C29H41NO2/c1-21(23-16-12-9-13-17-23)30(20-22-14-10-8-11-15-22)26-24(27(31)32-29(5,6)7)18-19-25(26)28(2,3)4/h8-17,21,24-26H,18-20H2,1-7H3/t21-,24-,25-,26-/m0/s1. The van der Waals surface area contributed by atoms with Crippen LogP contribution in [0.4, 0.5) is 0 Å². The van der Waals surface area contributed by atoms with Crippen LogP contribution >= 0.6 is 0 Å². The summed E-state index contributed by atoms with van der Waals surface area (Å²) in [6, 6.07) is 21.6. The van der Waals surface area contributed by atoms with Crippen molar-refractivity contribution in [3.05, 3.63) is 71.8 Å². The number of benzene rings is 2. The fourth-order valence-corrected chi connectivity index (χ4v) is 5.24. The van der Waals surface area contributed by atoms with E-state index in [9.17, 15) is 4.79 Å². The van der Waals surface area contributed by atoms with Crippen LogP contribution < -0.4 is 0 Å². The number of nitrogens with zero attached hydrogens (tertiary/aromatic N) is 1. The third-order valence-corrected chi connectivity index (χ3v) is 6.81. The van der Waals surface area contributed by atoms with E-state index in [-0.39, 0.29) is 29.4 Å². The van der Waals surface area contributed by atoms with Gasteiger partial charge in [-0.25, -0.2) is 0 Å². The third-order valence-electron chi connectivity index (χ3n) is 6.81. The Balaban J connectivity index is 2.04. The van der Waals surface area contributed by atoms with Gasteiger partial charge in [0.05, 0.1) is 5.92 Å². The Hall–Kier alpha value is -2.13. The van der Waals surface area contributed by atoms with E-state index in [1.165, 1.54) is 11.1 Å². The van der Waals surface area contributed by atoms with Gasteiger partial charge in [-0.15, -0.1) is 0 Å². The minimum Gasteiger partial charge on any atom is -0.460 e. The first-order valence-corrected chi connectivity index (χ1v) is 12.0. The van der Waals surface area contributed by atoms with E-state index in [1.807, 2.05) is 20.8 Å². The molecule has 0 heterocycles. The van der Waals surface area contributed by atoms with Crippen molar-refractivity contribution in [2.75, 3.05) is 0 Å². The quantitative estimate of drug-likeness (QED) is 0.456. The molecule has 0 saturated heterocycles. The zero-order valence-corrected chi connectivity index (χ0v) is 21.0. The summed E-state index contributed by atoms with van der Waals surface area (Å²) in [6.07, 6.45) is 1.93. The molecular weight excluding hydrogens is 394 g/mol. The average molecular weight is 436 g/mol. The molecule has 3 nitrogen and oxygen atoms in total. The predicted molar refractivity (Wildman–Crippen MR) is 132 cm³/mol. The fraction of sp³-hybridized carbons (Fsp3) is 0.552. The number of rotatable bonds is 6. The van der Waals surface area contributed by atoms with Gasteiger partial charge in [-0.2, -0.15) is 0 Å². The molecule has 1 aliphatic carbocycles. The second kappa shape index (κ2) is 9.79. The molecule has 0 N–H and O–H groups in total. The first-order valence-electron chi connectivity index (χ1n) is 12.0. The van der Waals surface area contributed by atoms with E-state index < -0.39 is 5.60 Å². The summed E-state index contributed by atoms with van der Waals surface area (Å²) < 4.78 is 5.93. The molecule has 0 spiro atoms. The number of carbonyl (C=O) groups excluding carboxylic acids is 1. The molecule has 32 heavy (non-hydrogen) atoms. The minimum absolute atomic E-state index is 0.0485. The first-order chi connectivity index (χ1) is 15.0. The van der Waals surface area contributed by atoms with Crippen LogP contribution in [-0.2, 0) is 16.1 Å². The fourth-order valence-electron chi connectivity index (χ4n) is 5.24. The van der Waals surface area contributed by atoms with Gasteiger partial charge in [-0.05, 0) is 63.0 Å². The molecule has 0 bridgehead atoms. The third kappa shape index (κ3) is 6.01. The van der Waals surface area contributed by atoms with Crippen molar-refractivity contribution in [1.29, 1.82) is 0 Å². The molecule has 0 aromatic heterocycles. The van der Waals surface area contributed by atoms with E-state index in [1.54, 1.807) is 0 Å². The molecule has 2 aromatic carbocycles. The predicted octanol–water partition coefficient (Wildman–Crippen LogP) is 7.03. The van der Waals surface area contributed by atoms with Gasteiger partial charge >= 0.3 is 5.97 Å². The first kappa shape index (κ1) is 24.5. The van der Waals surface area contributed by atoms with Crippen LogP contribution in [0.2, 0.25) is 0 Å². The van der Waals surface area contributed by atoms with Gasteiger partial charge in [0, 0.05) is 18.6 Å². The number of carbonyl (C=O) groups is 1. The van der Waals surface area contributed by atoms with Crippen LogP contribution in [0.15, 0.2) is 60.7 Å². The number of hydrogen-bond donors (Lipinski definition) is 0. The molecular formula is C29H41NO2. The van der Waals surface area contributed by atoms with Crippen molar-refractivity contribution < 1.29 is 9.53 Å². The van der Waals surface area contributed by atoms with Crippen LogP contribution in [0, 0.1) is 17.3 Å². The molecule has 1 saturated carbocycles. The van der Waals surface area contributed by atoms with Crippen molar-refractivity contribution in [1.82, 2.24) is 4.90 Å². The highest BCUT2D eigenvalue weighted by Gasteiger charge is 2.49. The van der Waals surface area contributed by atoms with Crippen LogP contribution in [0.3, 0.4) is 0 Å². The summed E-state index contributed by atoms with van der Waals surface area (Å²) in [4.78, 5) is 16.0. The summed E-state index contributed by atoms with van der Waals surface area (Å²) in [5, 5.41) is 0. The molecule has 0 amide bonds. The number of ether oxygens (including phenoxy) is 1. The van der Waals surface area contributed by atoms with Gasteiger partial charge in [0.1, 0.15) is 5.60 Å². The molecule has 2 aromatic rings. The zero-order valence-electron chi connectivity index (χ0n) is 21.0. The van der Waals surface area contributed by atoms with Crippen molar-refractivity contribution >= 4 is 5.97 Å². The van der Waals surface area contributed by atoms with Gasteiger partial charge in [0.15, 0.2) is 0 Å². The Morgan fingerprint density at radius 2 is 1.50 bits per heavy atom. The topological polar surface area (TPSA) is 29.5 Å². The lowest BCUT2D eigenvalue weighted by Gasteiger charge is -2.44. The monoisotopic (exact) mass is 435 g/mol. The summed E-state index contributed by atoms with van der Waals surface area (Å²) in [6.45, 7) is 15.9. The van der Waals surface area contributed by atoms with Crippen LogP contribution in [0.1, 0.15) is 78.5 Å². The number of hydrogen-bond acceptors (Lipinski definition) is 3. The summed E-state index contributed by atoms with van der Waals surface area (Å²) in [5.74, 6) is 0.246. The average Bonchev–Trinajstić information content (AvgIpc) is 3.17. The Labute approximate surface area is 195 Å². The van der Waals surface area contributed by atoms with Crippen molar-refractivity contribution in [3.63, 3.8) is 0 Å². The molecule has 0 unspecified atom stereocenters. The number of esters is 1. The molecule has 3 rings (SSSR count). The lowest BCUT2D eigenvalue weighted by atomic mass is 9.75. The van der Waals surface area contributed by atoms with E-state index >= 15 is 0 Å². The summed E-state index contributed by atoms with van der Waals surface area (Å²) in [5.41, 5.74) is 2.19. The van der Waals surface area contributed by atoms with E-state index in [0.29, 0.717) is 5.92 Å². The smallest absolute Gasteiger partial charge is 0.311 e. The normalized spacial score (nSPS) is 22.7. The van der Waals surface area contributed by atoms with Gasteiger partial charge in [-0.1, -0.05) is 81.4 Å². The second-order valence-electron chi connectivity index (χ2n) is 11.4. The molecule has 3 heteroatoms. The van der Waals surface area contributed by atoms with Gasteiger partial charge in [0.2, 0.25) is 0 Å². The maximum Gasteiger partial charge on any atom is 0.311 e. The molecule has 1 fully saturated rings. The summed E-state index contributed by atoms with van der Waals surface area (Å²) >= 11 is 0. The maximum atomic E-state index is 13.4. The Morgan fingerprint density at radius 1 is 0.938 bits per heavy atom. The second-order valence-corrected chi connectivity index (χ2v) is 11.4. The van der Waals surface area contributed by atoms with Crippen molar-refractivity contribution in [2.45, 2.75) is 85.5 Å². The van der Waals surface area contributed by atoms with Gasteiger partial charge in [-0.3, -0.25) is 9.69 Å². The SMILES string of the molecule is C[C@@H](c1ccccc1)N(Cc1ccccc1)[C@H]1[C@@H](C(=O)OC(C)(C)C)CC[C@@H]1C(C)(C)C. The lowest BCUT2D eigenvalue weighted by molar-refractivity contribution is -0.163. The highest BCUT2D eigenvalue weighted by atomic mass is 16.6. The van der Waals surface area contributed by atoms with E-state index in [0.717, 1.165) is 19.4 Å². The van der Waals surface area contributed by atoms with Crippen molar-refractivity contribution in [2.24, 2.45) is 17.3 Å². The molecule has 174 valence electrons.